The standard InChI is InChI=1S/C24H26N2O4S/c1-4-26(5-2)31(28,29)23-17-19(15-16-22(23)30-3)24(27)25-21-14-10-9-13-20(21)18-11-7-6-8-12-18/h6-17H,4-5H2,1-3H3,(H,25,27). The summed E-state index contributed by atoms with van der Waals surface area (Å²) in [5, 5.41) is 2.91. The SMILES string of the molecule is CCN(CC)S(=O)(=O)c1cc(C(=O)Nc2ccccc2-c2ccccc2)ccc1OC. The monoisotopic (exact) mass is 438 g/mol. The third-order valence-electron chi connectivity index (χ3n) is 5.01. The predicted octanol–water partition coefficient (Wildman–Crippen LogP) is 4.65. The van der Waals surface area contributed by atoms with Gasteiger partial charge in [0.25, 0.3) is 5.91 Å². The van der Waals surface area contributed by atoms with E-state index in [0.717, 1.165) is 11.1 Å². The maximum absolute atomic E-state index is 13.1. The van der Waals surface area contributed by atoms with Crippen LogP contribution in [0.25, 0.3) is 11.1 Å². The number of nitrogens with zero attached hydrogens (tertiary/aromatic N) is 1. The summed E-state index contributed by atoms with van der Waals surface area (Å²) in [5.41, 5.74) is 2.72. The van der Waals surface area contributed by atoms with Gasteiger partial charge in [-0.1, -0.05) is 62.4 Å². The van der Waals surface area contributed by atoms with Gasteiger partial charge in [0.2, 0.25) is 10.0 Å². The van der Waals surface area contributed by atoms with E-state index in [9.17, 15) is 13.2 Å². The third-order valence-corrected chi connectivity index (χ3v) is 7.08. The second-order valence-corrected chi connectivity index (χ2v) is 8.73. The van der Waals surface area contributed by atoms with Gasteiger partial charge in [0, 0.05) is 29.9 Å². The van der Waals surface area contributed by atoms with Crippen LogP contribution in [0.1, 0.15) is 24.2 Å². The van der Waals surface area contributed by atoms with Crippen LogP contribution < -0.4 is 10.1 Å². The average molecular weight is 439 g/mol. The summed E-state index contributed by atoms with van der Waals surface area (Å²) < 4.78 is 32.7. The summed E-state index contributed by atoms with van der Waals surface area (Å²) in [7, 11) is -2.39. The van der Waals surface area contributed by atoms with Gasteiger partial charge in [-0.05, 0) is 29.8 Å². The quantitative estimate of drug-likeness (QED) is 0.556. The van der Waals surface area contributed by atoms with E-state index in [4.69, 9.17) is 4.74 Å². The molecule has 6 nitrogen and oxygen atoms in total. The molecule has 0 atom stereocenters. The summed E-state index contributed by atoms with van der Waals surface area (Å²) >= 11 is 0. The molecule has 1 N–H and O–H groups in total. The molecular weight excluding hydrogens is 412 g/mol. The van der Waals surface area contributed by atoms with Crippen molar-refractivity contribution in [1.29, 1.82) is 0 Å². The molecule has 0 aliphatic rings. The third kappa shape index (κ3) is 4.78. The van der Waals surface area contributed by atoms with Gasteiger partial charge in [0.05, 0.1) is 7.11 Å². The lowest BCUT2D eigenvalue weighted by atomic mass is 10.0. The Bertz CT molecular complexity index is 1160. The number of carbonyl (C=O) groups is 1. The second-order valence-electron chi connectivity index (χ2n) is 6.82. The summed E-state index contributed by atoms with van der Waals surface area (Å²) in [5.74, 6) is -0.199. The molecule has 0 unspecified atom stereocenters. The molecule has 3 rings (SSSR count). The Morgan fingerprint density at radius 2 is 1.58 bits per heavy atom. The number of amides is 1. The summed E-state index contributed by atoms with van der Waals surface area (Å²) in [6.45, 7) is 4.18. The Labute approximate surface area is 183 Å². The number of benzene rings is 3. The van der Waals surface area contributed by atoms with Crippen molar-refractivity contribution in [2.45, 2.75) is 18.7 Å². The van der Waals surface area contributed by atoms with Crippen molar-refractivity contribution in [1.82, 2.24) is 4.31 Å². The number of anilines is 1. The first-order valence-corrected chi connectivity index (χ1v) is 11.5. The van der Waals surface area contributed by atoms with Gasteiger partial charge in [0.15, 0.2) is 0 Å². The van der Waals surface area contributed by atoms with E-state index in [2.05, 4.69) is 5.32 Å². The highest BCUT2D eigenvalue weighted by Gasteiger charge is 2.27. The minimum atomic E-state index is -3.80. The maximum atomic E-state index is 13.1. The average Bonchev–Trinajstić information content (AvgIpc) is 2.80. The summed E-state index contributed by atoms with van der Waals surface area (Å²) in [6, 6.07) is 21.6. The smallest absolute Gasteiger partial charge is 0.255 e. The number of carbonyl (C=O) groups excluding carboxylic acids is 1. The van der Waals surface area contributed by atoms with Gasteiger partial charge in [-0.25, -0.2) is 8.42 Å². The van der Waals surface area contributed by atoms with E-state index in [0.29, 0.717) is 18.8 Å². The molecule has 7 heteroatoms. The van der Waals surface area contributed by atoms with E-state index in [1.165, 1.54) is 23.5 Å². The van der Waals surface area contributed by atoms with E-state index >= 15 is 0 Å². The molecule has 0 saturated heterocycles. The molecule has 0 aromatic heterocycles. The molecule has 0 saturated carbocycles. The fraction of sp³-hybridized carbons (Fsp3) is 0.208. The molecule has 1 amide bonds. The van der Waals surface area contributed by atoms with Gasteiger partial charge in [0.1, 0.15) is 10.6 Å². The van der Waals surface area contributed by atoms with Crippen LogP contribution in [0.5, 0.6) is 5.75 Å². The van der Waals surface area contributed by atoms with Crippen molar-refractivity contribution in [3.8, 4) is 16.9 Å². The van der Waals surface area contributed by atoms with Gasteiger partial charge in [-0.15, -0.1) is 0 Å². The number of para-hydroxylation sites is 1. The largest absolute Gasteiger partial charge is 0.495 e. The number of ether oxygens (including phenoxy) is 1. The molecule has 3 aromatic rings. The van der Waals surface area contributed by atoms with E-state index in [1.54, 1.807) is 19.9 Å². The lowest BCUT2D eigenvalue weighted by Crippen LogP contribution is -2.31. The van der Waals surface area contributed by atoms with Crippen LogP contribution >= 0.6 is 0 Å². The number of nitrogens with one attached hydrogen (secondary N) is 1. The van der Waals surface area contributed by atoms with Crippen molar-refractivity contribution in [2.75, 3.05) is 25.5 Å². The van der Waals surface area contributed by atoms with Crippen LogP contribution in [0.3, 0.4) is 0 Å². The molecule has 0 fully saturated rings. The van der Waals surface area contributed by atoms with E-state index in [-0.39, 0.29) is 16.2 Å². The normalized spacial score (nSPS) is 11.4. The fourth-order valence-electron chi connectivity index (χ4n) is 3.38. The number of sulfonamides is 1. The zero-order chi connectivity index (χ0) is 22.4. The molecule has 0 bridgehead atoms. The second kappa shape index (κ2) is 9.76. The van der Waals surface area contributed by atoms with Crippen molar-refractivity contribution < 1.29 is 17.9 Å². The number of rotatable bonds is 8. The van der Waals surface area contributed by atoms with Crippen LogP contribution in [-0.2, 0) is 10.0 Å². The molecule has 162 valence electrons. The lowest BCUT2D eigenvalue weighted by molar-refractivity contribution is 0.102. The number of hydrogen-bond donors (Lipinski definition) is 1. The number of methoxy groups -OCH3 is 1. The molecule has 0 spiro atoms. The Balaban J connectivity index is 1.98. The highest BCUT2D eigenvalue weighted by Crippen LogP contribution is 2.30. The molecule has 0 heterocycles. The topological polar surface area (TPSA) is 75.7 Å². The first-order valence-electron chi connectivity index (χ1n) is 10.1. The lowest BCUT2D eigenvalue weighted by Gasteiger charge is -2.20. The van der Waals surface area contributed by atoms with Crippen molar-refractivity contribution >= 4 is 21.6 Å². The first kappa shape index (κ1) is 22.5. The molecule has 3 aromatic carbocycles. The molecule has 0 aliphatic heterocycles. The number of hydrogen-bond acceptors (Lipinski definition) is 4. The summed E-state index contributed by atoms with van der Waals surface area (Å²) in [6.07, 6.45) is 0. The Hall–Kier alpha value is -3.16. The van der Waals surface area contributed by atoms with Crippen molar-refractivity contribution in [2.24, 2.45) is 0 Å². The van der Waals surface area contributed by atoms with Crippen LogP contribution in [-0.4, -0.2) is 38.8 Å². The zero-order valence-corrected chi connectivity index (χ0v) is 18.6. The Kier molecular flexibility index (Phi) is 7.09. The van der Waals surface area contributed by atoms with E-state index < -0.39 is 15.9 Å². The molecule has 0 radical (unpaired) electrons. The first-order chi connectivity index (χ1) is 14.9. The Morgan fingerprint density at radius 3 is 2.23 bits per heavy atom. The predicted molar refractivity (Wildman–Crippen MR) is 123 cm³/mol. The highest BCUT2D eigenvalue weighted by atomic mass is 32.2. The minimum absolute atomic E-state index is 0.0253. The highest BCUT2D eigenvalue weighted by molar-refractivity contribution is 7.89. The van der Waals surface area contributed by atoms with Gasteiger partial charge in [-0.2, -0.15) is 4.31 Å². The van der Waals surface area contributed by atoms with Crippen molar-refractivity contribution in [3.63, 3.8) is 0 Å². The van der Waals surface area contributed by atoms with Crippen molar-refractivity contribution in [3.05, 3.63) is 78.4 Å². The van der Waals surface area contributed by atoms with Gasteiger partial charge >= 0.3 is 0 Å². The van der Waals surface area contributed by atoms with Crippen LogP contribution in [0.15, 0.2) is 77.7 Å². The van der Waals surface area contributed by atoms with E-state index in [1.807, 2.05) is 54.6 Å². The molecular formula is C24H26N2O4S. The van der Waals surface area contributed by atoms with Gasteiger partial charge in [-0.3, -0.25) is 4.79 Å². The zero-order valence-electron chi connectivity index (χ0n) is 17.8. The minimum Gasteiger partial charge on any atom is -0.495 e. The van der Waals surface area contributed by atoms with Crippen LogP contribution in [0, 0.1) is 0 Å². The summed E-state index contributed by atoms with van der Waals surface area (Å²) in [4.78, 5) is 13.0. The fourth-order valence-corrected chi connectivity index (χ4v) is 5.02. The van der Waals surface area contributed by atoms with Crippen LogP contribution in [0.2, 0.25) is 0 Å². The Morgan fingerprint density at radius 1 is 0.935 bits per heavy atom. The van der Waals surface area contributed by atoms with Gasteiger partial charge < -0.3 is 10.1 Å². The molecule has 0 aliphatic carbocycles. The van der Waals surface area contributed by atoms with Crippen LogP contribution in [0.4, 0.5) is 5.69 Å². The maximum Gasteiger partial charge on any atom is 0.255 e. The molecule has 31 heavy (non-hydrogen) atoms.